The summed E-state index contributed by atoms with van der Waals surface area (Å²) in [4.78, 5) is 0. The molecule has 0 saturated carbocycles. The maximum atomic E-state index is 5.14. The zero-order chi connectivity index (χ0) is 36.7. The van der Waals surface area contributed by atoms with E-state index in [1.807, 2.05) is 6.07 Å². The monoisotopic (exact) mass is 703 g/mol. The Labute approximate surface area is 321 Å². The predicted octanol–water partition coefficient (Wildman–Crippen LogP) is 13.6. The standard InChI is InChI=1S/C52H37N3/c1-36-24-26-39(27-25-36)52-35-49(38-14-4-2-5-15-38)53-55(52)42-31-28-37(29-32-42)43-18-8-10-20-45(43)46-21-11-9-19-44(46)40-30-33-51-48(34-40)47-22-12-13-23-50(47)54(51)41-16-6-3-7-17-41/h2-35H,1H3. The van der Waals surface area contributed by atoms with Crippen LogP contribution in [0, 0.1) is 6.92 Å². The SMILES string of the molecule is Cc1ccc(-c2cc(-c3ccccc3)nn2-c2ccc(-c3ccccc3-c3ccccc3-c3ccc4c(c3)c3ccccc3n4-c3ccccc3)cc2)cc1. The Morgan fingerprint density at radius 3 is 1.62 bits per heavy atom. The highest BCUT2D eigenvalue weighted by Crippen LogP contribution is 2.41. The van der Waals surface area contributed by atoms with Crippen LogP contribution in [0.3, 0.4) is 0 Å². The van der Waals surface area contributed by atoms with Crippen LogP contribution in [-0.4, -0.2) is 14.3 Å². The minimum absolute atomic E-state index is 0.949. The summed E-state index contributed by atoms with van der Waals surface area (Å²) in [6, 6.07) is 73.9. The highest BCUT2D eigenvalue weighted by Gasteiger charge is 2.17. The van der Waals surface area contributed by atoms with Gasteiger partial charge in [0.05, 0.1) is 28.1 Å². The van der Waals surface area contributed by atoms with E-state index in [-0.39, 0.29) is 0 Å². The van der Waals surface area contributed by atoms with Crippen molar-refractivity contribution in [2.24, 2.45) is 0 Å². The molecule has 55 heavy (non-hydrogen) atoms. The summed E-state index contributed by atoms with van der Waals surface area (Å²) in [5.74, 6) is 0. The number of hydrogen-bond donors (Lipinski definition) is 0. The van der Waals surface area contributed by atoms with Gasteiger partial charge in [0.25, 0.3) is 0 Å². The summed E-state index contributed by atoms with van der Waals surface area (Å²) in [7, 11) is 0. The largest absolute Gasteiger partial charge is 0.309 e. The third kappa shape index (κ3) is 5.83. The second-order valence-electron chi connectivity index (χ2n) is 14.1. The molecule has 8 aromatic carbocycles. The summed E-state index contributed by atoms with van der Waals surface area (Å²) in [6.45, 7) is 2.12. The topological polar surface area (TPSA) is 22.8 Å². The van der Waals surface area contributed by atoms with Crippen LogP contribution in [-0.2, 0) is 0 Å². The molecule has 0 bridgehead atoms. The first kappa shape index (κ1) is 32.4. The lowest BCUT2D eigenvalue weighted by molar-refractivity contribution is 0.892. The summed E-state index contributed by atoms with van der Waals surface area (Å²) < 4.78 is 4.44. The zero-order valence-corrected chi connectivity index (χ0v) is 30.5. The number of aryl methyl sites for hydroxylation is 1. The van der Waals surface area contributed by atoms with Gasteiger partial charge < -0.3 is 4.57 Å². The molecule has 0 saturated heterocycles. The Kier molecular flexibility index (Phi) is 8.04. The van der Waals surface area contributed by atoms with Gasteiger partial charge >= 0.3 is 0 Å². The number of aromatic nitrogens is 3. The molecule has 10 aromatic rings. The van der Waals surface area contributed by atoms with Crippen molar-refractivity contribution in [2.45, 2.75) is 6.92 Å². The van der Waals surface area contributed by atoms with Crippen molar-refractivity contribution < 1.29 is 0 Å². The molecule has 3 heteroatoms. The van der Waals surface area contributed by atoms with Gasteiger partial charge in [0, 0.05) is 27.6 Å². The Balaban J connectivity index is 1.05. The van der Waals surface area contributed by atoms with Gasteiger partial charge in [0.15, 0.2) is 0 Å². The van der Waals surface area contributed by atoms with Crippen LogP contribution in [0.15, 0.2) is 206 Å². The van der Waals surface area contributed by atoms with E-state index in [2.05, 4.69) is 216 Å². The van der Waals surface area contributed by atoms with Crippen molar-refractivity contribution in [3.63, 3.8) is 0 Å². The number of benzene rings is 8. The summed E-state index contributed by atoms with van der Waals surface area (Å²) >= 11 is 0. The van der Waals surface area contributed by atoms with Gasteiger partial charge in [-0.15, -0.1) is 0 Å². The van der Waals surface area contributed by atoms with E-state index < -0.39 is 0 Å². The van der Waals surface area contributed by atoms with E-state index in [1.54, 1.807) is 0 Å². The van der Waals surface area contributed by atoms with Gasteiger partial charge in [-0.25, -0.2) is 4.68 Å². The average molecular weight is 704 g/mol. The third-order valence-electron chi connectivity index (χ3n) is 10.7. The molecule has 2 heterocycles. The first-order chi connectivity index (χ1) is 27.2. The number of fused-ring (bicyclic) bond motifs is 3. The molecular weight excluding hydrogens is 667 g/mol. The van der Waals surface area contributed by atoms with E-state index in [0.29, 0.717) is 0 Å². The van der Waals surface area contributed by atoms with Gasteiger partial charge in [-0.2, -0.15) is 5.10 Å². The average Bonchev–Trinajstić information content (AvgIpc) is 3.85. The molecule has 0 spiro atoms. The van der Waals surface area contributed by atoms with Crippen molar-refractivity contribution in [2.75, 3.05) is 0 Å². The smallest absolute Gasteiger partial charge is 0.0934 e. The maximum Gasteiger partial charge on any atom is 0.0934 e. The zero-order valence-electron chi connectivity index (χ0n) is 30.5. The number of nitrogens with zero attached hydrogens (tertiary/aromatic N) is 3. The summed E-state index contributed by atoms with van der Waals surface area (Å²) in [6.07, 6.45) is 0. The Bertz CT molecular complexity index is 2950. The normalized spacial score (nSPS) is 11.4. The minimum atomic E-state index is 0.949. The molecule has 10 rings (SSSR count). The van der Waals surface area contributed by atoms with E-state index in [9.17, 15) is 0 Å². The molecule has 2 aromatic heterocycles. The molecule has 0 unspecified atom stereocenters. The number of rotatable bonds is 7. The predicted molar refractivity (Wildman–Crippen MR) is 230 cm³/mol. The van der Waals surface area contributed by atoms with Crippen molar-refractivity contribution in [3.8, 4) is 67.3 Å². The van der Waals surface area contributed by atoms with Crippen LogP contribution in [0.1, 0.15) is 5.56 Å². The van der Waals surface area contributed by atoms with Crippen LogP contribution in [0.2, 0.25) is 0 Å². The second-order valence-corrected chi connectivity index (χ2v) is 14.1. The number of hydrogen-bond acceptors (Lipinski definition) is 1. The van der Waals surface area contributed by atoms with E-state index in [0.717, 1.165) is 39.5 Å². The van der Waals surface area contributed by atoms with Gasteiger partial charge in [0.1, 0.15) is 0 Å². The molecule has 0 aliphatic heterocycles. The molecule has 0 fully saturated rings. The molecule has 3 nitrogen and oxygen atoms in total. The fourth-order valence-electron chi connectivity index (χ4n) is 7.98. The first-order valence-corrected chi connectivity index (χ1v) is 18.8. The van der Waals surface area contributed by atoms with Crippen LogP contribution in [0.4, 0.5) is 0 Å². The molecular formula is C52H37N3. The van der Waals surface area contributed by atoms with Gasteiger partial charge in [-0.3, -0.25) is 0 Å². The highest BCUT2D eigenvalue weighted by atomic mass is 15.3. The Morgan fingerprint density at radius 2 is 0.909 bits per heavy atom. The van der Waals surface area contributed by atoms with Crippen LogP contribution >= 0.6 is 0 Å². The summed E-state index contributed by atoms with van der Waals surface area (Å²) in [5, 5.41) is 7.63. The Hall–Kier alpha value is -7.23. The lowest BCUT2D eigenvalue weighted by Gasteiger charge is -2.16. The second kappa shape index (κ2) is 13.6. The molecule has 0 amide bonds. The lowest BCUT2D eigenvalue weighted by Crippen LogP contribution is -1.99. The van der Waals surface area contributed by atoms with Crippen molar-refractivity contribution in [1.82, 2.24) is 14.3 Å². The molecule has 0 aliphatic carbocycles. The van der Waals surface area contributed by atoms with E-state index in [4.69, 9.17) is 5.10 Å². The van der Waals surface area contributed by atoms with Gasteiger partial charge in [-0.05, 0) is 88.8 Å². The maximum absolute atomic E-state index is 5.14. The molecule has 0 atom stereocenters. The van der Waals surface area contributed by atoms with Crippen LogP contribution in [0.5, 0.6) is 0 Å². The third-order valence-corrected chi connectivity index (χ3v) is 10.7. The van der Waals surface area contributed by atoms with Crippen LogP contribution < -0.4 is 0 Å². The van der Waals surface area contributed by atoms with E-state index >= 15 is 0 Å². The van der Waals surface area contributed by atoms with Gasteiger partial charge in [-0.1, -0.05) is 163 Å². The molecule has 0 aliphatic rings. The lowest BCUT2D eigenvalue weighted by atomic mass is 9.89. The highest BCUT2D eigenvalue weighted by molar-refractivity contribution is 6.11. The fourth-order valence-corrected chi connectivity index (χ4v) is 7.98. The fraction of sp³-hybridized carbons (Fsp3) is 0.0192. The Morgan fingerprint density at radius 1 is 0.364 bits per heavy atom. The molecule has 0 radical (unpaired) electrons. The van der Waals surface area contributed by atoms with Crippen LogP contribution in [0.25, 0.3) is 89.1 Å². The number of para-hydroxylation sites is 2. The molecule has 0 N–H and O–H groups in total. The van der Waals surface area contributed by atoms with Crippen molar-refractivity contribution >= 4 is 21.8 Å². The van der Waals surface area contributed by atoms with E-state index in [1.165, 1.54) is 55.2 Å². The molecule has 260 valence electrons. The van der Waals surface area contributed by atoms with Gasteiger partial charge in [0.2, 0.25) is 0 Å². The van der Waals surface area contributed by atoms with Crippen molar-refractivity contribution in [3.05, 3.63) is 212 Å². The summed E-state index contributed by atoms with van der Waals surface area (Å²) in [5.41, 5.74) is 17.2. The quantitative estimate of drug-likeness (QED) is 0.162. The van der Waals surface area contributed by atoms with Crippen molar-refractivity contribution in [1.29, 1.82) is 0 Å². The first-order valence-electron chi connectivity index (χ1n) is 18.8. The minimum Gasteiger partial charge on any atom is -0.309 e.